The van der Waals surface area contributed by atoms with Crippen molar-refractivity contribution in [1.29, 1.82) is 0 Å². The summed E-state index contributed by atoms with van der Waals surface area (Å²) in [6, 6.07) is 28.2. The molecule has 3 aromatic carbocycles. The van der Waals surface area contributed by atoms with Gasteiger partial charge in [-0.15, -0.1) is 0 Å². The maximum atomic E-state index is 11.4. The zero-order valence-electron chi connectivity index (χ0n) is 20.4. The summed E-state index contributed by atoms with van der Waals surface area (Å²) in [6.45, 7) is 2.56. The molecule has 0 aliphatic heterocycles. The Balaban J connectivity index is 1.86. The number of carboxylic acids is 1. The molecule has 0 saturated carbocycles. The highest BCUT2D eigenvalue weighted by Crippen LogP contribution is 2.41. The van der Waals surface area contributed by atoms with Crippen molar-refractivity contribution in [3.63, 3.8) is 0 Å². The van der Waals surface area contributed by atoms with E-state index in [1.54, 1.807) is 7.11 Å². The van der Waals surface area contributed by atoms with Gasteiger partial charge in [-0.25, -0.2) is 4.79 Å². The third-order valence-corrected chi connectivity index (χ3v) is 5.91. The lowest BCUT2D eigenvalue weighted by Gasteiger charge is -2.35. The van der Waals surface area contributed by atoms with E-state index in [1.807, 2.05) is 79.7 Å². The van der Waals surface area contributed by atoms with E-state index in [4.69, 9.17) is 14.2 Å². The molecule has 5 nitrogen and oxygen atoms in total. The normalized spacial score (nSPS) is 12.5. The predicted molar refractivity (Wildman–Crippen MR) is 138 cm³/mol. The quantitative estimate of drug-likeness (QED) is 0.222. The molecule has 3 aromatic rings. The zero-order chi connectivity index (χ0) is 24.9. The van der Waals surface area contributed by atoms with Crippen LogP contribution in [0.3, 0.4) is 0 Å². The van der Waals surface area contributed by atoms with Crippen molar-refractivity contribution in [2.75, 3.05) is 20.3 Å². The number of methoxy groups -OCH3 is 1. The van der Waals surface area contributed by atoms with Gasteiger partial charge in [-0.2, -0.15) is 0 Å². The maximum Gasteiger partial charge on any atom is 0.332 e. The fraction of sp³-hybridized carbons (Fsp3) is 0.300. The summed E-state index contributed by atoms with van der Waals surface area (Å²) in [6.07, 6.45) is 5.18. The van der Waals surface area contributed by atoms with Gasteiger partial charge < -0.3 is 19.3 Å². The number of carbonyl (C=O) groups is 1. The lowest BCUT2D eigenvalue weighted by atomic mass is 9.80. The molecule has 184 valence electrons. The minimum absolute atomic E-state index is 0.219. The fourth-order valence-electron chi connectivity index (χ4n) is 4.07. The van der Waals surface area contributed by atoms with Gasteiger partial charge in [0.25, 0.3) is 0 Å². The van der Waals surface area contributed by atoms with Crippen LogP contribution in [-0.4, -0.2) is 37.5 Å². The van der Waals surface area contributed by atoms with Crippen molar-refractivity contribution in [3.8, 4) is 5.75 Å². The topological polar surface area (TPSA) is 65.0 Å². The number of ether oxygens (including phenoxy) is 3. The van der Waals surface area contributed by atoms with E-state index >= 15 is 0 Å². The average molecular weight is 475 g/mol. The molecule has 0 amide bonds. The predicted octanol–water partition coefficient (Wildman–Crippen LogP) is 6.22. The van der Waals surface area contributed by atoms with Crippen LogP contribution in [-0.2, 0) is 19.9 Å². The molecular weight excluding hydrogens is 440 g/mol. The first-order chi connectivity index (χ1) is 17.1. The van der Waals surface area contributed by atoms with Gasteiger partial charge >= 0.3 is 5.97 Å². The highest BCUT2D eigenvalue weighted by molar-refractivity contribution is 5.72. The summed E-state index contributed by atoms with van der Waals surface area (Å²) >= 11 is 0. The van der Waals surface area contributed by atoms with Crippen LogP contribution in [0, 0.1) is 0 Å². The second kappa shape index (κ2) is 13.5. The van der Waals surface area contributed by atoms with Crippen LogP contribution < -0.4 is 4.74 Å². The van der Waals surface area contributed by atoms with Crippen LogP contribution in [0.15, 0.2) is 97.1 Å². The highest BCUT2D eigenvalue weighted by atomic mass is 16.5. The smallest absolute Gasteiger partial charge is 0.332 e. The average Bonchev–Trinajstić information content (AvgIpc) is 2.91. The summed E-state index contributed by atoms with van der Waals surface area (Å²) in [5.74, 6) is -0.147. The minimum atomic E-state index is -0.922. The Morgan fingerprint density at radius 3 is 1.91 bits per heavy atom. The largest absolute Gasteiger partial charge is 0.497 e. The molecule has 1 N–H and O–H groups in total. The highest BCUT2D eigenvalue weighted by Gasteiger charge is 2.37. The third kappa shape index (κ3) is 6.81. The molecule has 0 heterocycles. The molecule has 0 aliphatic carbocycles. The van der Waals surface area contributed by atoms with Crippen molar-refractivity contribution in [3.05, 3.63) is 114 Å². The minimum Gasteiger partial charge on any atom is -0.497 e. The van der Waals surface area contributed by atoms with Crippen molar-refractivity contribution >= 4 is 5.97 Å². The molecule has 0 bridgehead atoms. The lowest BCUT2D eigenvalue weighted by Crippen LogP contribution is -2.33. The molecule has 1 unspecified atom stereocenters. The van der Waals surface area contributed by atoms with E-state index in [2.05, 4.69) is 24.3 Å². The number of benzene rings is 3. The van der Waals surface area contributed by atoms with Gasteiger partial charge in [0, 0.05) is 0 Å². The first-order valence-electron chi connectivity index (χ1n) is 12.0. The van der Waals surface area contributed by atoms with Gasteiger partial charge in [0.15, 0.2) is 6.10 Å². The van der Waals surface area contributed by atoms with Gasteiger partial charge in [-0.05, 0) is 35.2 Å². The zero-order valence-corrected chi connectivity index (χ0v) is 20.4. The Kier molecular flexibility index (Phi) is 10.1. The Bertz CT molecular complexity index is 1010. The summed E-state index contributed by atoms with van der Waals surface area (Å²) in [5.41, 5.74) is 2.15. The van der Waals surface area contributed by atoms with Crippen LogP contribution in [0.25, 0.3) is 0 Å². The third-order valence-electron chi connectivity index (χ3n) is 5.91. The standard InChI is InChI=1S/C30H34O5/c1-3-4-17-28(29(31)32)34-22-11-12-23-35-30(24-13-7-5-8-14-24,25-15-9-6-10-16-25)26-18-20-27(33-2)21-19-26/h5-16,18-21,28H,3-4,17,22-23H2,1-2H3,(H,31,32). The molecule has 5 heteroatoms. The molecule has 0 radical (unpaired) electrons. The number of aliphatic carboxylic acids is 1. The first-order valence-corrected chi connectivity index (χ1v) is 12.0. The SMILES string of the molecule is CCCCC(OCC=CCOC(c1ccccc1)(c1ccccc1)c1ccc(OC)cc1)C(=O)O. The number of carboxylic acid groups (broad SMARTS) is 1. The first kappa shape index (κ1) is 26.2. The van der Waals surface area contributed by atoms with Crippen LogP contribution in [0.1, 0.15) is 42.9 Å². The Hall–Kier alpha value is -3.41. The van der Waals surface area contributed by atoms with E-state index in [-0.39, 0.29) is 6.61 Å². The van der Waals surface area contributed by atoms with E-state index in [0.29, 0.717) is 13.0 Å². The van der Waals surface area contributed by atoms with Gasteiger partial charge in [0.05, 0.1) is 20.3 Å². The summed E-state index contributed by atoms with van der Waals surface area (Å²) in [7, 11) is 1.65. The van der Waals surface area contributed by atoms with Crippen LogP contribution in [0.4, 0.5) is 0 Å². The van der Waals surface area contributed by atoms with Crippen molar-refractivity contribution < 1.29 is 24.1 Å². The lowest BCUT2D eigenvalue weighted by molar-refractivity contribution is -0.150. The van der Waals surface area contributed by atoms with E-state index in [9.17, 15) is 9.90 Å². The van der Waals surface area contributed by atoms with E-state index < -0.39 is 17.7 Å². The Labute approximate surface area is 208 Å². The summed E-state index contributed by atoms with van der Waals surface area (Å²) < 4.78 is 17.6. The molecule has 0 spiro atoms. The number of rotatable bonds is 14. The van der Waals surface area contributed by atoms with Gasteiger partial charge in [0.2, 0.25) is 0 Å². The van der Waals surface area contributed by atoms with E-state index in [1.165, 1.54) is 0 Å². The molecular formula is C30H34O5. The van der Waals surface area contributed by atoms with Crippen molar-refractivity contribution in [2.45, 2.75) is 37.9 Å². The monoisotopic (exact) mass is 474 g/mol. The molecule has 35 heavy (non-hydrogen) atoms. The van der Waals surface area contributed by atoms with Gasteiger partial charge in [0.1, 0.15) is 11.4 Å². The number of hydrogen-bond acceptors (Lipinski definition) is 4. The van der Waals surface area contributed by atoms with Crippen LogP contribution in [0.5, 0.6) is 5.75 Å². The molecule has 1 atom stereocenters. The molecule has 0 aromatic heterocycles. The second-order valence-corrected chi connectivity index (χ2v) is 8.23. The van der Waals surface area contributed by atoms with Gasteiger partial charge in [-0.3, -0.25) is 0 Å². The van der Waals surface area contributed by atoms with Crippen molar-refractivity contribution in [1.82, 2.24) is 0 Å². The Morgan fingerprint density at radius 2 is 1.40 bits per heavy atom. The molecule has 0 aliphatic rings. The van der Waals surface area contributed by atoms with Crippen LogP contribution in [0.2, 0.25) is 0 Å². The summed E-state index contributed by atoms with van der Waals surface area (Å²) in [4.78, 5) is 11.4. The Morgan fingerprint density at radius 1 is 0.857 bits per heavy atom. The van der Waals surface area contributed by atoms with Crippen LogP contribution >= 0.6 is 0 Å². The fourth-order valence-corrected chi connectivity index (χ4v) is 4.07. The molecule has 3 rings (SSSR count). The molecule has 0 saturated heterocycles. The number of hydrogen-bond donors (Lipinski definition) is 1. The van der Waals surface area contributed by atoms with Gasteiger partial charge in [-0.1, -0.05) is 105 Å². The second-order valence-electron chi connectivity index (χ2n) is 8.23. The van der Waals surface area contributed by atoms with Crippen molar-refractivity contribution in [2.24, 2.45) is 0 Å². The molecule has 0 fully saturated rings. The summed E-state index contributed by atoms with van der Waals surface area (Å²) in [5, 5.41) is 9.34. The maximum absolute atomic E-state index is 11.4. The van der Waals surface area contributed by atoms with E-state index in [0.717, 1.165) is 35.3 Å². The number of unbranched alkanes of at least 4 members (excludes halogenated alkanes) is 1.